The largest absolute Gasteiger partial charge is 0.460 e. The molecule has 0 saturated heterocycles. The molecule has 1 atom stereocenters. The molecule has 0 aromatic heterocycles. The molecule has 0 aromatic rings. The van der Waals surface area contributed by atoms with Crippen molar-refractivity contribution < 1.29 is 19.0 Å². The van der Waals surface area contributed by atoms with Crippen molar-refractivity contribution in [2.75, 3.05) is 26.9 Å². The maximum atomic E-state index is 10.3. The summed E-state index contributed by atoms with van der Waals surface area (Å²) in [6.07, 6.45) is -0.132. The molecular weight excluding hydrogens is 184 g/mol. The molecule has 0 fully saturated rings. The molecule has 0 aliphatic rings. The van der Waals surface area contributed by atoms with Crippen LogP contribution in [0.3, 0.4) is 0 Å². The third kappa shape index (κ3) is 17.5. The predicted octanol–water partition coefficient (Wildman–Crippen LogP) is 1.63. The van der Waals surface area contributed by atoms with Crippen LogP contribution in [0.15, 0.2) is 0 Å². The zero-order valence-electron chi connectivity index (χ0n) is 9.83. The normalized spacial score (nSPS) is 11.2. The molecule has 4 heteroatoms. The van der Waals surface area contributed by atoms with Gasteiger partial charge in [-0.05, 0) is 20.8 Å². The smallest absolute Gasteiger partial charge is 0.302 e. The fraction of sp³-hybridized carbons (Fsp3) is 0.900. The zero-order chi connectivity index (χ0) is 11.4. The zero-order valence-corrected chi connectivity index (χ0v) is 9.83. The highest BCUT2D eigenvalue weighted by molar-refractivity contribution is 5.66. The number of rotatable bonds is 5. The van der Waals surface area contributed by atoms with E-state index in [1.165, 1.54) is 6.92 Å². The van der Waals surface area contributed by atoms with E-state index >= 15 is 0 Å². The quantitative estimate of drug-likeness (QED) is 0.641. The van der Waals surface area contributed by atoms with Crippen molar-refractivity contribution >= 4 is 5.97 Å². The van der Waals surface area contributed by atoms with Crippen molar-refractivity contribution in [1.82, 2.24) is 0 Å². The number of ether oxygens (including phenoxy) is 3. The van der Waals surface area contributed by atoms with Crippen molar-refractivity contribution in [3.8, 4) is 0 Å². The van der Waals surface area contributed by atoms with Gasteiger partial charge in [0.25, 0.3) is 0 Å². The van der Waals surface area contributed by atoms with E-state index in [-0.39, 0.29) is 12.1 Å². The monoisotopic (exact) mass is 206 g/mol. The molecule has 0 saturated carbocycles. The minimum atomic E-state index is -0.264. The van der Waals surface area contributed by atoms with Crippen molar-refractivity contribution in [2.45, 2.75) is 33.8 Å². The standard InChI is InChI=1S/C6H12O3.C4H10O/c1-5(4-8-3)9-6(2)7;1-3-5-4-2/h5H,4H2,1-3H3;3-4H2,1-2H3. The van der Waals surface area contributed by atoms with Gasteiger partial charge in [-0.1, -0.05) is 0 Å². The number of hydrogen-bond donors (Lipinski definition) is 0. The Kier molecular flexibility index (Phi) is 14.0. The lowest BCUT2D eigenvalue weighted by Gasteiger charge is -2.08. The molecule has 0 rings (SSSR count). The van der Waals surface area contributed by atoms with Crippen molar-refractivity contribution in [3.05, 3.63) is 0 Å². The lowest BCUT2D eigenvalue weighted by Crippen LogP contribution is -2.17. The van der Waals surface area contributed by atoms with Gasteiger partial charge in [-0.2, -0.15) is 0 Å². The van der Waals surface area contributed by atoms with Crippen LogP contribution in [0.5, 0.6) is 0 Å². The van der Waals surface area contributed by atoms with Crippen molar-refractivity contribution in [3.63, 3.8) is 0 Å². The van der Waals surface area contributed by atoms with Crippen molar-refractivity contribution in [1.29, 1.82) is 0 Å². The molecule has 0 spiro atoms. The van der Waals surface area contributed by atoms with E-state index in [0.29, 0.717) is 6.61 Å². The van der Waals surface area contributed by atoms with Crippen LogP contribution in [0, 0.1) is 0 Å². The Balaban J connectivity index is 0. The lowest BCUT2D eigenvalue weighted by molar-refractivity contribution is -0.147. The summed E-state index contributed by atoms with van der Waals surface area (Å²) in [4.78, 5) is 10.3. The molecule has 0 aromatic carbocycles. The van der Waals surface area contributed by atoms with Crippen LogP contribution in [0.1, 0.15) is 27.7 Å². The average molecular weight is 206 g/mol. The fourth-order valence-electron chi connectivity index (χ4n) is 0.756. The highest BCUT2D eigenvalue weighted by Gasteiger charge is 2.02. The van der Waals surface area contributed by atoms with Crippen LogP contribution in [0.2, 0.25) is 0 Å². The van der Waals surface area contributed by atoms with Gasteiger partial charge in [0.15, 0.2) is 0 Å². The summed E-state index contributed by atoms with van der Waals surface area (Å²) in [5.74, 6) is -0.264. The number of esters is 1. The summed E-state index contributed by atoms with van der Waals surface area (Å²) >= 11 is 0. The molecule has 1 unspecified atom stereocenters. The molecule has 0 aliphatic heterocycles. The number of carbonyl (C=O) groups excluding carboxylic acids is 1. The van der Waals surface area contributed by atoms with Gasteiger partial charge in [0.05, 0.1) is 6.61 Å². The van der Waals surface area contributed by atoms with Gasteiger partial charge in [0.2, 0.25) is 0 Å². The van der Waals surface area contributed by atoms with Gasteiger partial charge < -0.3 is 14.2 Å². The molecule has 0 amide bonds. The van der Waals surface area contributed by atoms with Crippen molar-refractivity contribution in [2.24, 2.45) is 0 Å². The highest BCUT2D eigenvalue weighted by atomic mass is 16.6. The SMILES string of the molecule is CCOCC.COCC(C)OC(C)=O. The van der Waals surface area contributed by atoms with Crippen LogP contribution in [0.4, 0.5) is 0 Å². The molecule has 0 bridgehead atoms. The molecule has 14 heavy (non-hydrogen) atoms. The minimum Gasteiger partial charge on any atom is -0.460 e. The Morgan fingerprint density at radius 3 is 2.00 bits per heavy atom. The van der Waals surface area contributed by atoms with Gasteiger partial charge in [0, 0.05) is 27.2 Å². The topological polar surface area (TPSA) is 44.8 Å². The highest BCUT2D eigenvalue weighted by Crippen LogP contribution is 1.90. The summed E-state index contributed by atoms with van der Waals surface area (Å²) in [7, 11) is 1.57. The second-order valence-corrected chi connectivity index (χ2v) is 2.66. The first-order chi connectivity index (χ1) is 6.58. The maximum Gasteiger partial charge on any atom is 0.302 e. The van der Waals surface area contributed by atoms with Gasteiger partial charge in [0.1, 0.15) is 6.10 Å². The first-order valence-corrected chi connectivity index (χ1v) is 4.82. The molecule has 0 N–H and O–H groups in total. The summed E-state index contributed by atoms with van der Waals surface area (Å²) in [6, 6.07) is 0. The second kappa shape index (κ2) is 12.4. The van der Waals surface area contributed by atoms with E-state index in [1.54, 1.807) is 14.0 Å². The van der Waals surface area contributed by atoms with Gasteiger partial charge in [-0.3, -0.25) is 4.79 Å². The van der Waals surface area contributed by atoms with E-state index in [2.05, 4.69) is 0 Å². The van der Waals surface area contributed by atoms with E-state index in [9.17, 15) is 4.79 Å². The lowest BCUT2D eigenvalue weighted by atomic mass is 10.4. The Morgan fingerprint density at radius 1 is 1.29 bits per heavy atom. The third-order valence-corrected chi connectivity index (χ3v) is 1.18. The Labute approximate surface area is 86.5 Å². The van der Waals surface area contributed by atoms with Crippen LogP contribution >= 0.6 is 0 Å². The van der Waals surface area contributed by atoms with Gasteiger partial charge in [-0.15, -0.1) is 0 Å². The number of carbonyl (C=O) groups is 1. The minimum absolute atomic E-state index is 0.132. The summed E-state index contributed by atoms with van der Waals surface area (Å²) in [6.45, 7) is 9.29. The van der Waals surface area contributed by atoms with E-state index < -0.39 is 0 Å². The average Bonchev–Trinajstić information content (AvgIpc) is 2.05. The molecule has 86 valence electrons. The predicted molar refractivity (Wildman–Crippen MR) is 55.3 cm³/mol. The van der Waals surface area contributed by atoms with E-state index in [0.717, 1.165) is 13.2 Å². The number of hydrogen-bond acceptors (Lipinski definition) is 4. The van der Waals surface area contributed by atoms with E-state index in [4.69, 9.17) is 14.2 Å². The van der Waals surface area contributed by atoms with E-state index in [1.807, 2.05) is 13.8 Å². The number of methoxy groups -OCH3 is 1. The fourth-order valence-corrected chi connectivity index (χ4v) is 0.756. The summed E-state index contributed by atoms with van der Waals surface area (Å²) < 4.78 is 14.3. The van der Waals surface area contributed by atoms with Gasteiger partial charge in [-0.25, -0.2) is 0 Å². The van der Waals surface area contributed by atoms with Crippen LogP contribution in [0.25, 0.3) is 0 Å². The Morgan fingerprint density at radius 2 is 1.79 bits per heavy atom. The third-order valence-electron chi connectivity index (χ3n) is 1.18. The second-order valence-electron chi connectivity index (χ2n) is 2.66. The first-order valence-electron chi connectivity index (χ1n) is 4.82. The first kappa shape index (κ1) is 15.8. The van der Waals surface area contributed by atoms with Gasteiger partial charge >= 0.3 is 5.97 Å². The molecule has 0 aliphatic carbocycles. The Hall–Kier alpha value is -0.610. The van der Waals surface area contributed by atoms with Crippen LogP contribution < -0.4 is 0 Å². The molecule has 0 heterocycles. The summed E-state index contributed by atoms with van der Waals surface area (Å²) in [5, 5.41) is 0. The van der Waals surface area contributed by atoms with Crippen LogP contribution in [-0.2, 0) is 19.0 Å². The van der Waals surface area contributed by atoms with Crippen LogP contribution in [-0.4, -0.2) is 39.0 Å². The molecular formula is C10H22O4. The molecule has 4 nitrogen and oxygen atoms in total. The summed E-state index contributed by atoms with van der Waals surface area (Å²) in [5.41, 5.74) is 0. The molecule has 0 radical (unpaired) electrons. The maximum absolute atomic E-state index is 10.3. The Bertz CT molecular complexity index is 123.